The van der Waals surface area contributed by atoms with Gasteiger partial charge in [-0.15, -0.1) is 11.6 Å². The molecule has 0 fully saturated rings. The van der Waals surface area contributed by atoms with Crippen LogP contribution in [0.5, 0.6) is 0 Å². The van der Waals surface area contributed by atoms with Crippen LogP contribution in [0.3, 0.4) is 0 Å². The highest BCUT2D eigenvalue weighted by Crippen LogP contribution is 2.20. The minimum atomic E-state index is -0.275. The van der Waals surface area contributed by atoms with Crippen LogP contribution in [0.15, 0.2) is 34.9 Å². The average molecular weight is 343 g/mol. The molecule has 19 heavy (non-hydrogen) atoms. The van der Waals surface area contributed by atoms with Gasteiger partial charge in [-0.2, -0.15) is 5.10 Å². The molecule has 4 nitrogen and oxygen atoms in total. The summed E-state index contributed by atoms with van der Waals surface area (Å²) in [5, 5.41) is 6.92. The van der Waals surface area contributed by atoms with E-state index in [1.54, 1.807) is 4.68 Å². The molecule has 0 aliphatic carbocycles. The predicted molar refractivity (Wildman–Crippen MR) is 79.6 cm³/mol. The van der Waals surface area contributed by atoms with Crippen molar-refractivity contribution >= 4 is 39.3 Å². The molecule has 0 saturated heterocycles. The largest absolute Gasteiger partial charge is 0.307 e. The van der Waals surface area contributed by atoms with Crippen molar-refractivity contribution in [1.29, 1.82) is 0 Å². The summed E-state index contributed by atoms with van der Waals surface area (Å²) < 4.78 is 2.50. The predicted octanol–water partition coefficient (Wildman–Crippen LogP) is 3.18. The van der Waals surface area contributed by atoms with Gasteiger partial charge in [0, 0.05) is 6.20 Å². The van der Waals surface area contributed by atoms with E-state index >= 15 is 0 Å². The molecule has 0 bridgehead atoms. The Kier molecular flexibility index (Phi) is 4.61. The van der Waals surface area contributed by atoms with Gasteiger partial charge in [-0.05, 0) is 28.4 Å². The fourth-order valence-corrected chi connectivity index (χ4v) is 2.09. The Morgan fingerprint density at radius 3 is 2.74 bits per heavy atom. The minimum absolute atomic E-state index is 0.0860. The lowest BCUT2D eigenvalue weighted by Crippen LogP contribution is -2.13. The molecule has 0 saturated carbocycles. The Bertz CT molecular complexity index is 580. The minimum Gasteiger partial charge on any atom is -0.307 e. The quantitative estimate of drug-likeness (QED) is 0.868. The van der Waals surface area contributed by atoms with Crippen molar-refractivity contribution in [2.75, 3.05) is 11.2 Å². The number of alkyl halides is 1. The van der Waals surface area contributed by atoms with Gasteiger partial charge in [0.2, 0.25) is 5.91 Å². The summed E-state index contributed by atoms with van der Waals surface area (Å²) in [6, 6.07) is 8.23. The molecule has 0 atom stereocenters. The fourth-order valence-electron chi connectivity index (χ4n) is 1.61. The van der Waals surface area contributed by atoms with Gasteiger partial charge in [0.25, 0.3) is 0 Å². The maximum absolute atomic E-state index is 11.2. The van der Waals surface area contributed by atoms with Gasteiger partial charge in [-0.1, -0.05) is 29.8 Å². The lowest BCUT2D eigenvalue weighted by Gasteiger charge is -2.02. The summed E-state index contributed by atoms with van der Waals surface area (Å²) in [5.41, 5.74) is 2.37. The van der Waals surface area contributed by atoms with E-state index in [9.17, 15) is 4.79 Å². The molecular formula is C13H13BrClN3O. The topological polar surface area (TPSA) is 46.9 Å². The van der Waals surface area contributed by atoms with Crippen LogP contribution in [0.25, 0.3) is 0 Å². The van der Waals surface area contributed by atoms with Gasteiger partial charge in [-0.25, -0.2) is 0 Å². The van der Waals surface area contributed by atoms with Gasteiger partial charge < -0.3 is 5.32 Å². The lowest BCUT2D eigenvalue weighted by atomic mass is 10.1. The number of anilines is 1. The van der Waals surface area contributed by atoms with E-state index in [0.29, 0.717) is 12.4 Å². The highest BCUT2D eigenvalue weighted by atomic mass is 79.9. The molecule has 0 aliphatic heterocycles. The average Bonchev–Trinajstić information content (AvgIpc) is 2.72. The maximum atomic E-state index is 11.2. The number of benzene rings is 1. The molecule has 100 valence electrons. The fraction of sp³-hybridized carbons (Fsp3) is 0.231. The third-order valence-electron chi connectivity index (χ3n) is 2.56. The first-order valence-electron chi connectivity index (χ1n) is 5.73. The number of rotatable bonds is 4. The van der Waals surface area contributed by atoms with E-state index in [4.69, 9.17) is 11.6 Å². The molecule has 1 aromatic heterocycles. The maximum Gasteiger partial charge on any atom is 0.240 e. The third kappa shape index (κ3) is 3.81. The third-order valence-corrected chi connectivity index (χ3v) is 3.38. The number of hydrogen-bond acceptors (Lipinski definition) is 2. The van der Waals surface area contributed by atoms with E-state index < -0.39 is 0 Å². The van der Waals surface area contributed by atoms with Crippen LogP contribution in [-0.4, -0.2) is 21.6 Å². The van der Waals surface area contributed by atoms with E-state index in [-0.39, 0.29) is 11.8 Å². The second-order valence-electron chi connectivity index (χ2n) is 4.19. The van der Waals surface area contributed by atoms with Crippen molar-refractivity contribution < 1.29 is 4.79 Å². The van der Waals surface area contributed by atoms with Crippen LogP contribution >= 0.6 is 27.5 Å². The summed E-state index contributed by atoms with van der Waals surface area (Å²) in [6.07, 6.45) is 1.82. The van der Waals surface area contributed by atoms with E-state index in [2.05, 4.69) is 50.6 Å². The first-order valence-corrected chi connectivity index (χ1v) is 7.05. The molecule has 6 heteroatoms. The zero-order valence-electron chi connectivity index (χ0n) is 10.4. The van der Waals surface area contributed by atoms with Crippen LogP contribution in [0.1, 0.15) is 11.1 Å². The molecule has 0 spiro atoms. The molecule has 1 N–H and O–H groups in total. The molecule has 2 rings (SSSR count). The summed E-state index contributed by atoms with van der Waals surface area (Å²) in [7, 11) is 0. The Hall–Kier alpha value is -1.33. The van der Waals surface area contributed by atoms with E-state index in [0.717, 1.165) is 10.0 Å². The van der Waals surface area contributed by atoms with Crippen LogP contribution in [0, 0.1) is 6.92 Å². The summed E-state index contributed by atoms with van der Waals surface area (Å²) >= 11 is 8.80. The monoisotopic (exact) mass is 341 g/mol. The second kappa shape index (κ2) is 6.21. The summed E-state index contributed by atoms with van der Waals surface area (Å²) in [6.45, 7) is 2.70. The number of nitrogens with one attached hydrogen (secondary N) is 1. The number of aryl methyl sites for hydroxylation is 1. The number of carbonyl (C=O) groups is 1. The molecule has 1 amide bonds. The SMILES string of the molecule is Cc1ccc(Cn2cc(Br)c(NC(=O)CCl)n2)cc1. The summed E-state index contributed by atoms with van der Waals surface area (Å²) in [4.78, 5) is 11.2. The molecule has 0 aliphatic rings. The van der Waals surface area contributed by atoms with Crippen molar-refractivity contribution in [3.8, 4) is 0 Å². The zero-order valence-corrected chi connectivity index (χ0v) is 12.7. The Labute approximate surface area is 124 Å². The van der Waals surface area contributed by atoms with Crippen LogP contribution in [0.4, 0.5) is 5.82 Å². The first kappa shape index (κ1) is 14.1. The number of aromatic nitrogens is 2. The smallest absolute Gasteiger partial charge is 0.240 e. The number of halogens is 2. The first-order chi connectivity index (χ1) is 9.08. The highest BCUT2D eigenvalue weighted by Gasteiger charge is 2.09. The number of nitrogens with zero attached hydrogens (tertiary/aromatic N) is 2. The van der Waals surface area contributed by atoms with Crippen LogP contribution < -0.4 is 5.32 Å². The van der Waals surface area contributed by atoms with Gasteiger partial charge in [-0.3, -0.25) is 9.48 Å². The van der Waals surface area contributed by atoms with Gasteiger partial charge in [0.1, 0.15) is 5.88 Å². The van der Waals surface area contributed by atoms with Crippen molar-refractivity contribution in [2.45, 2.75) is 13.5 Å². The molecule has 0 radical (unpaired) electrons. The van der Waals surface area contributed by atoms with E-state index in [1.165, 1.54) is 5.56 Å². The van der Waals surface area contributed by atoms with Crippen molar-refractivity contribution in [3.05, 3.63) is 46.1 Å². The van der Waals surface area contributed by atoms with E-state index in [1.807, 2.05) is 13.1 Å². The van der Waals surface area contributed by atoms with Crippen molar-refractivity contribution in [2.24, 2.45) is 0 Å². The Morgan fingerprint density at radius 2 is 2.11 bits per heavy atom. The normalized spacial score (nSPS) is 10.5. The molecule has 0 unspecified atom stereocenters. The molecule has 1 aromatic carbocycles. The summed E-state index contributed by atoms with van der Waals surface area (Å²) in [5.74, 6) is 0.123. The molecular weight excluding hydrogens is 330 g/mol. The van der Waals surface area contributed by atoms with Crippen LogP contribution in [-0.2, 0) is 11.3 Å². The number of carbonyl (C=O) groups excluding carboxylic acids is 1. The van der Waals surface area contributed by atoms with Gasteiger partial charge >= 0.3 is 0 Å². The number of amides is 1. The van der Waals surface area contributed by atoms with Gasteiger partial charge in [0.05, 0.1) is 11.0 Å². The standard InChI is InChI=1S/C13H13BrClN3O/c1-9-2-4-10(5-3-9)7-18-8-11(14)13(17-18)16-12(19)6-15/h2-5,8H,6-7H2,1H3,(H,16,17,19). The zero-order chi connectivity index (χ0) is 13.8. The Balaban J connectivity index is 2.11. The Morgan fingerprint density at radius 1 is 1.42 bits per heavy atom. The lowest BCUT2D eigenvalue weighted by molar-refractivity contribution is -0.113. The second-order valence-corrected chi connectivity index (χ2v) is 5.31. The van der Waals surface area contributed by atoms with Crippen molar-refractivity contribution in [3.63, 3.8) is 0 Å². The number of hydrogen-bond donors (Lipinski definition) is 1. The van der Waals surface area contributed by atoms with Gasteiger partial charge in [0.15, 0.2) is 5.82 Å². The molecule has 1 heterocycles. The van der Waals surface area contributed by atoms with Crippen molar-refractivity contribution in [1.82, 2.24) is 9.78 Å². The highest BCUT2D eigenvalue weighted by molar-refractivity contribution is 9.10. The van der Waals surface area contributed by atoms with Crippen LogP contribution in [0.2, 0.25) is 0 Å². The molecule has 2 aromatic rings.